The fraction of sp³-hybridized carbons (Fsp3) is 0.688. The van der Waals surface area contributed by atoms with Gasteiger partial charge in [0.1, 0.15) is 0 Å². The molecule has 2 N–H and O–H groups in total. The minimum Gasteiger partial charge on any atom is -0.339 e. The van der Waals surface area contributed by atoms with Crippen LogP contribution in [0, 0.1) is 19.8 Å². The molecule has 2 atom stereocenters. The summed E-state index contributed by atoms with van der Waals surface area (Å²) in [6.45, 7) is 4.64. The van der Waals surface area contributed by atoms with Crippen molar-refractivity contribution in [3.8, 4) is 0 Å². The average molecular weight is 304 g/mol. The highest BCUT2D eigenvalue weighted by molar-refractivity contribution is 5.92. The van der Waals surface area contributed by atoms with E-state index in [2.05, 4.69) is 15.3 Å². The van der Waals surface area contributed by atoms with Gasteiger partial charge < -0.3 is 9.88 Å². The second-order valence-electron chi connectivity index (χ2n) is 6.43. The Labute approximate surface area is 130 Å². The van der Waals surface area contributed by atoms with Gasteiger partial charge in [0.2, 0.25) is 17.8 Å². The number of H-pyrrole nitrogens is 1. The zero-order valence-corrected chi connectivity index (χ0v) is 13.3. The van der Waals surface area contributed by atoms with Crippen molar-refractivity contribution < 1.29 is 9.59 Å². The summed E-state index contributed by atoms with van der Waals surface area (Å²) in [5.41, 5.74) is 1.86. The van der Waals surface area contributed by atoms with Gasteiger partial charge in [-0.05, 0) is 33.1 Å². The van der Waals surface area contributed by atoms with Gasteiger partial charge in [-0.1, -0.05) is 12.8 Å². The lowest BCUT2D eigenvalue weighted by Crippen LogP contribution is -2.47. The molecule has 3 rings (SSSR count). The number of nitrogens with zero attached hydrogens (tertiary/aromatic N) is 2. The van der Waals surface area contributed by atoms with Crippen molar-refractivity contribution in [3.63, 3.8) is 0 Å². The van der Waals surface area contributed by atoms with Crippen LogP contribution in [-0.2, 0) is 9.59 Å². The van der Waals surface area contributed by atoms with Gasteiger partial charge >= 0.3 is 0 Å². The number of likely N-dealkylation sites (tertiary alicyclic amines) is 1. The van der Waals surface area contributed by atoms with E-state index in [-0.39, 0.29) is 23.8 Å². The predicted octanol–water partition coefficient (Wildman–Crippen LogP) is 2.15. The summed E-state index contributed by atoms with van der Waals surface area (Å²) in [6, 6.07) is 0.0564. The van der Waals surface area contributed by atoms with Crippen molar-refractivity contribution in [2.75, 3.05) is 11.9 Å². The Morgan fingerprint density at radius 1 is 1.27 bits per heavy atom. The zero-order valence-electron chi connectivity index (χ0n) is 13.3. The molecule has 22 heavy (non-hydrogen) atoms. The number of nitrogens with one attached hydrogen (secondary N) is 2. The van der Waals surface area contributed by atoms with Crippen molar-refractivity contribution in [2.24, 2.45) is 5.92 Å². The molecular formula is C16H24N4O2. The molecule has 2 fully saturated rings. The number of carbonyl (C=O) groups excluding carboxylic acids is 2. The molecule has 1 aliphatic heterocycles. The van der Waals surface area contributed by atoms with E-state index >= 15 is 0 Å². The Morgan fingerprint density at radius 2 is 2.05 bits per heavy atom. The molecular weight excluding hydrogens is 280 g/mol. The highest BCUT2D eigenvalue weighted by Gasteiger charge is 2.38. The smallest absolute Gasteiger partial charge is 0.231 e. The Hall–Kier alpha value is -1.85. The summed E-state index contributed by atoms with van der Waals surface area (Å²) in [7, 11) is 0. The fourth-order valence-corrected chi connectivity index (χ4v) is 3.63. The van der Waals surface area contributed by atoms with Gasteiger partial charge in [0.25, 0.3) is 0 Å². The number of aryl methyl sites for hydroxylation is 2. The average Bonchev–Trinajstić information content (AvgIpc) is 3.05. The molecule has 2 aliphatic rings. The van der Waals surface area contributed by atoms with Crippen LogP contribution in [0.4, 0.5) is 5.95 Å². The first-order valence-corrected chi connectivity index (χ1v) is 8.20. The van der Waals surface area contributed by atoms with Gasteiger partial charge in [-0.3, -0.25) is 14.9 Å². The lowest BCUT2D eigenvalue weighted by atomic mass is 9.83. The molecule has 1 saturated heterocycles. The summed E-state index contributed by atoms with van der Waals surface area (Å²) in [6.07, 6.45) is 5.46. The molecule has 1 aromatic rings. The summed E-state index contributed by atoms with van der Waals surface area (Å²) in [5.74, 6) is 0.575. The number of hydrogen-bond acceptors (Lipinski definition) is 3. The van der Waals surface area contributed by atoms with Crippen LogP contribution >= 0.6 is 0 Å². The first-order chi connectivity index (χ1) is 10.6. The van der Waals surface area contributed by atoms with Crippen LogP contribution in [0.5, 0.6) is 0 Å². The van der Waals surface area contributed by atoms with Crippen LogP contribution in [0.3, 0.4) is 0 Å². The fourth-order valence-electron chi connectivity index (χ4n) is 3.63. The number of rotatable bonds is 3. The van der Waals surface area contributed by atoms with Crippen molar-refractivity contribution in [1.29, 1.82) is 0 Å². The van der Waals surface area contributed by atoms with E-state index in [1.54, 1.807) is 0 Å². The molecule has 1 aliphatic carbocycles. The Bertz CT molecular complexity index is 561. The normalized spacial score (nSPS) is 25.5. The molecule has 0 aromatic carbocycles. The third-order valence-electron chi connectivity index (χ3n) is 4.95. The first-order valence-electron chi connectivity index (χ1n) is 8.20. The van der Waals surface area contributed by atoms with Gasteiger partial charge in [-0.2, -0.15) is 0 Å². The largest absolute Gasteiger partial charge is 0.339 e. The number of carbonyl (C=O) groups is 2. The standard InChI is InChI=1S/C16H24N4O2/c1-10-11(2)18-16(17-10)19-15(22)12-6-3-4-7-13(12)20-9-5-8-14(20)21/h12-13H,3-9H2,1-2H3,(H2,17,18,19,22)/t12-,13+/m1/s1. The lowest BCUT2D eigenvalue weighted by Gasteiger charge is -2.36. The van der Waals surface area contributed by atoms with Gasteiger partial charge in [-0.15, -0.1) is 0 Å². The zero-order chi connectivity index (χ0) is 15.7. The molecule has 0 bridgehead atoms. The molecule has 6 heteroatoms. The molecule has 1 saturated carbocycles. The maximum atomic E-state index is 12.7. The number of amides is 2. The number of anilines is 1. The van der Waals surface area contributed by atoms with Crippen LogP contribution < -0.4 is 5.32 Å². The molecule has 0 radical (unpaired) electrons. The van der Waals surface area contributed by atoms with Crippen molar-refractivity contribution >= 4 is 17.8 Å². The quantitative estimate of drug-likeness (QED) is 0.898. The number of imidazole rings is 1. The Morgan fingerprint density at radius 3 is 2.68 bits per heavy atom. The molecule has 120 valence electrons. The van der Waals surface area contributed by atoms with Crippen LogP contribution in [0.25, 0.3) is 0 Å². The predicted molar refractivity (Wildman–Crippen MR) is 83.4 cm³/mol. The van der Waals surface area contributed by atoms with E-state index in [9.17, 15) is 9.59 Å². The van der Waals surface area contributed by atoms with Crippen molar-refractivity contribution in [2.45, 2.75) is 58.4 Å². The molecule has 2 amide bonds. The van der Waals surface area contributed by atoms with Gasteiger partial charge in [0.05, 0.1) is 11.6 Å². The van der Waals surface area contributed by atoms with E-state index < -0.39 is 0 Å². The summed E-state index contributed by atoms with van der Waals surface area (Å²) in [5, 5.41) is 2.90. The summed E-state index contributed by atoms with van der Waals surface area (Å²) < 4.78 is 0. The second-order valence-corrected chi connectivity index (χ2v) is 6.43. The maximum absolute atomic E-state index is 12.7. The highest BCUT2D eigenvalue weighted by Crippen LogP contribution is 2.32. The number of aromatic amines is 1. The molecule has 0 unspecified atom stereocenters. The number of hydrogen-bond donors (Lipinski definition) is 2. The molecule has 6 nitrogen and oxygen atoms in total. The van der Waals surface area contributed by atoms with Crippen LogP contribution in [0.2, 0.25) is 0 Å². The van der Waals surface area contributed by atoms with Crippen LogP contribution in [0.1, 0.15) is 49.9 Å². The van der Waals surface area contributed by atoms with E-state index in [1.807, 2.05) is 18.7 Å². The third-order valence-corrected chi connectivity index (χ3v) is 4.95. The lowest BCUT2D eigenvalue weighted by molar-refractivity contribution is -0.133. The third kappa shape index (κ3) is 2.87. The van der Waals surface area contributed by atoms with Gasteiger partial charge in [0, 0.05) is 24.7 Å². The van der Waals surface area contributed by atoms with Crippen LogP contribution in [0.15, 0.2) is 0 Å². The SMILES string of the molecule is Cc1nc(NC(=O)[C@@H]2CCCC[C@@H]2N2CCCC2=O)[nH]c1C. The van der Waals surface area contributed by atoms with E-state index in [4.69, 9.17) is 0 Å². The van der Waals surface area contributed by atoms with Gasteiger partial charge in [-0.25, -0.2) is 4.98 Å². The Kier molecular flexibility index (Phi) is 4.18. The van der Waals surface area contributed by atoms with Gasteiger partial charge in [0.15, 0.2) is 0 Å². The second kappa shape index (κ2) is 6.10. The minimum atomic E-state index is -0.124. The molecule has 1 aromatic heterocycles. The number of aromatic nitrogens is 2. The summed E-state index contributed by atoms with van der Waals surface area (Å²) in [4.78, 5) is 34.0. The maximum Gasteiger partial charge on any atom is 0.231 e. The van der Waals surface area contributed by atoms with E-state index in [0.29, 0.717) is 12.4 Å². The monoisotopic (exact) mass is 304 g/mol. The van der Waals surface area contributed by atoms with Crippen molar-refractivity contribution in [1.82, 2.24) is 14.9 Å². The molecule has 0 spiro atoms. The minimum absolute atomic E-state index is 0.0156. The highest BCUT2D eigenvalue weighted by atomic mass is 16.2. The van der Waals surface area contributed by atoms with Crippen molar-refractivity contribution in [3.05, 3.63) is 11.4 Å². The Balaban J connectivity index is 1.72. The topological polar surface area (TPSA) is 78.1 Å². The summed E-state index contributed by atoms with van der Waals surface area (Å²) >= 11 is 0. The molecule has 2 heterocycles. The van der Waals surface area contributed by atoms with E-state index in [1.165, 1.54) is 0 Å². The van der Waals surface area contributed by atoms with Crippen LogP contribution in [-0.4, -0.2) is 39.3 Å². The van der Waals surface area contributed by atoms with E-state index in [0.717, 1.165) is 50.0 Å². The first kappa shape index (κ1) is 15.1.